The summed E-state index contributed by atoms with van der Waals surface area (Å²) in [5.41, 5.74) is -0.248. The lowest BCUT2D eigenvalue weighted by Gasteiger charge is -2.26. The van der Waals surface area contributed by atoms with Gasteiger partial charge < -0.3 is 9.32 Å². The van der Waals surface area contributed by atoms with E-state index in [1.165, 1.54) is 11.3 Å². The van der Waals surface area contributed by atoms with Crippen LogP contribution in [-0.4, -0.2) is 0 Å². The SMILES string of the molecule is [2H]c1c([2H])c([2H])c(-c2c([2H])c([2H])c3c([2H])c([2H])c(-c4c([2H])c([2H])c(N(c5ccc6c(c5)oc5ccccc56)c5cccc6c5sc5ccccc56)c([2H])c4[2H])c([2H])c3c2[2H])c([2H])c1[2H]. The second-order valence-corrected chi connectivity index (χ2v) is 12.4. The number of fused-ring (bicyclic) bond motifs is 7. The van der Waals surface area contributed by atoms with Crippen LogP contribution in [-0.2, 0) is 0 Å². The quantitative estimate of drug-likeness (QED) is 0.183. The first kappa shape index (κ1) is 16.8. The zero-order chi connectivity index (χ0) is 45.4. The Bertz CT molecular complexity index is 3650. The molecule has 3 heteroatoms. The molecular weight excluding hydrogens is 615 g/mol. The van der Waals surface area contributed by atoms with Crippen molar-refractivity contribution in [1.82, 2.24) is 0 Å². The maximum atomic E-state index is 9.63. The fourth-order valence-corrected chi connectivity index (χ4v) is 7.40. The van der Waals surface area contributed by atoms with Crippen LogP contribution in [0.2, 0.25) is 0 Å². The zero-order valence-electron chi connectivity index (χ0n) is 40.3. The molecule has 0 saturated carbocycles. The van der Waals surface area contributed by atoms with Crippen LogP contribution >= 0.6 is 11.3 Å². The van der Waals surface area contributed by atoms with Crippen molar-refractivity contribution in [2.45, 2.75) is 0 Å². The van der Waals surface area contributed by atoms with Gasteiger partial charge in [-0.1, -0.05) is 115 Å². The number of benzene rings is 8. The van der Waals surface area contributed by atoms with E-state index in [1.807, 2.05) is 72.8 Å². The summed E-state index contributed by atoms with van der Waals surface area (Å²) in [6.07, 6.45) is 0. The molecule has 0 aliphatic heterocycles. The van der Waals surface area contributed by atoms with Gasteiger partial charge in [-0.05, 0) is 87.5 Å². The summed E-state index contributed by atoms with van der Waals surface area (Å²) >= 11 is 1.50. The van der Waals surface area contributed by atoms with Gasteiger partial charge in [0.1, 0.15) is 11.2 Å². The lowest BCUT2D eigenvalue weighted by Crippen LogP contribution is -2.10. The molecule has 0 bridgehead atoms. The van der Waals surface area contributed by atoms with E-state index in [1.54, 1.807) is 17.0 Å². The average molecular weight is 659 g/mol. The Hall–Kier alpha value is -6.16. The van der Waals surface area contributed by atoms with Gasteiger partial charge in [0.15, 0.2) is 0 Å². The predicted octanol–water partition coefficient (Wildman–Crippen LogP) is 13.9. The van der Waals surface area contributed by atoms with Crippen molar-refractivity contribution in [3.8, 4) is 22.3 Å². The van der Waals surface area contributed by atoms with Crippen LogP contribution in [0.1, 0.15) is 20.6 Å². The summed E-state index contributed by atoms with van der Waals surface area (Å²) in [5.74, 6) is 0. The topological polar surface area (TPSA) is 16.4 Å². The Balaban J connectivity index is 1.26. The molecular formula is C46H29NOS. The van der Waals surface area contributed by atoms with Crippen molar-refractivity contribution in [1.29, 1.82) is 0 Å². The van der Waals surface area contributed by atoms with Gasteiger partial charge in [0.2, 0.25) is 0 Å². The molecule has 10 rings (SSSR count). The highest BCUT2D eigenvalue weighted by Crippen LogP contribution is 2.46. The Kier molecular flexibility index (Phi) is 3.85. The van der Waals surface area contributed by atoms with Crippen molar-refractivity contribution < 1.29 is 25.0 Å². The van der Waals surface area contributed by atoms with Gasteiger partial charge >= 0.3 is 0 Å². The van der Waals surface area contributed by atoms with Crippen molar-refractivity contribution in [2.24, 2.45) is 0 Å². The summed E-state index contributed by atoms with van der Waals surface area (Å²) in [6, 6.07) is 15.8. The first-order valence-corrected chi connectivity index (χ1v) is 16.2. The summed E-state index contributed by atoms with van der Waals surface area (Å²) in [4.78, 5) is 1.63. The highest BCUT2D eigenvalue weighted by molar-refractivity contribution is 7.26. The third kappa shape index (κ3) is 4.70. The fourth-order valence-electron chi connectivity index (χ4n) is 6.19. The lowest BCUT2D eigenvalue weighted by atomic mass is 9.97. The number of rotatable bonds is 5. The lowest BCUT2D eigenvalue weighted by molar-refractivity contribution is 0.669. The standard InChI is InChI=1S/C46H29NOS/c1-2-9-30(10-3-1)33-19-17-32-18-20-34(28-35(32)27-33)31-21-23-36(24-22-31)47(37-25-26-39-38-11-4-6-15-43(38)48-44(39)29-37)42-14-8-13-41-40-12-5-7-16-45(40)49-46(41)42/h1-29H/i1D,2D,3D,9D,10D,17D,18D,19D,20D,21D,22D,23D,24D,27D,28D. The van der Waals surface area contributed by atoms with Crippen molar-refractivity contribution in [3.63, 3.8) is 0 Å². The fraction of sp³-hybridized carbons (Fsp3) is 0. The summed E-state index contributed by atoms with van der Waals surface area (Å²) in [5, 5.41) is 2.61. The van der Waals surface area contributed by atoms with E-state index in [-0.39, 0.29) is 5.69 Å². The number of nitrogens with zero attached hydrogens (tertiary/aromatic N) is 1. The first-order chi connectivity index (χ1) is 30.5. The smallest absolute Gasteiger partial charge is 0.137 e. The summed E-state index contributed by atoms with van der Waals surface area (Å²) in [6.45, 7) is 0. The van der Waals surface area contributed by atoms with Gasteiger partial charge in [0.25, 0.3) is 0 Å². The molecule has 0 saturated heterocycles. The van der Waals surface area contributed by atoms with Gasteiger partial charge in [-0.25, -0.2) is 0 Å². The molecule has 8 aromatic carbocycles. The average Bonchev–Trinajstić information content (AvgIpc) is 3.87. The molecule has 2 aromatic heterocycles. The molecule has 0 atom stereocenters. The molecule has 0 aliphatic rings. The van der Waals surface area contributed by atoms with E-state index < -0.39 is 124 Å². The molecule has 0 unspecified atom stereocenters. The van der Waals surface area contributed by atoms with E-state index in [0.29, 0.717) is 22.5 Å². The predicted molar refractivity (Wildman–Crippen MR) is 210 cm³/mol. The molecule has 10 aromatic rings. The highest BCUT2D eigenvalue weighted by Gasteiger charge is 2.19. The Morgan fingerprint density at radius 2 is 1.16 bits per heavy atom. The molecule has 0 N–H and O–H groups in total. The Morgan fingerprint density at radius 3 is 1.98 bits per heavy atom. The third-order valence-corrected chi connectivity index (χ3v) is 9.66. The minimum absolute atomic E-state index is 0.166. The molecule has 0 spiro atoms. The first-order valence-electron chi connectivity index (χ1n) is 22.9. The molecule has 230 valence electrons. The van der Waals surface area contributed by atoms with Crippen molar-refractivity contribution >= 4 is 81.3 Å². The number of para-hydroxylation sites is 1. The van der Waals surface area contributed by atoms with Gasteiger partial charge in [-0.2, -0.15) is 0 Å². The Labute approximate surface area is 308 Å². The monoisotopic (exact) mass is 658 g/mol. The van der Waals surface area contributed by atoms with Crippen LogP contribution in [0.3, 0.4) is 0 Å². The second kappa shape index (κ2) is 11.2. The molecule has 0 fully saturated rings. The van der Waals surface area contributed by atoms with Crippen molar-refractivity contribution in [3.05, 3.63) is 176 Å². The molecule has 0 amide bonds. The van der Waals surface area contributed by atoms with Gasteiger partial charge in [0.05, 0.1) is 30.9 Å². The summed E-state index contributed by atoms with van der Waals surface area (Å²) < 4.78 is 142. The van der Waals surface area contributed by atoms with Gasteiger partial charge in [0, 0.05) is 43.7 Å². The number of anilines is 3. The van der Waals surface area contributed by atoms with Crippen LogP contribution < -0.4 is 4.90 Å². The van der Waals surface area contributed by atoms with Gasteiger partial charge in [-0.15, -0.1) is 11.3 Å². The van der Waals surface area contributed by atoms with Crippen LogP contribution in [0.5, 0.6) is 0 Å². The van der Waals surface area contributed by atoms with E-state index in [4.69, 9.17) is 16.8 Å². The van der Waals surface area contributed by atoms with Gasteiger partial charge in [-0.3, -0.25) is 0 Å². The molecule has 2 nitrogen and oxygen atoms in total. The normalized spacial score (nSPS) is 16.0. The highest BCUT2D eigenvalue weighted by atomic mass is 32.1. The maximum absolute atomic E-state index is 9.63. The van der Waals surface area contributed by atoms with E-state index in [0.717, 1.165) is 30.9 Å². The number of furan rings is 1. The van der Waals surface area contributed by atoms with E-state index >= 15 is 0 Å². The molecule has 49 heavy (non-hydrogen) atoms. The third-order valence-electron chi connectivity index (χ3n) is 8.46. The zero-order valence-corrected chi connectivity index (χ0v) is 26.2. The van der Waals surface area contributed by atoms with Crippen molar-refractivity contribution in [2.75, 3.05) is 4.90 Å². The van der Waals surface area contributed by atoms with Crippen LogP contribution in [0, 0.1) is 0 Å². The molecule has 0 aliphatic carbocycles. The number of hydrogen-bond donors (Lipinski definition) is 0. The Morgan fingerprint density at radius 1 is 0.490 bits per heavy atom. The largest absolute Gasteiger partial charge is 0.456 e. The van der Waals surface area contributed by atoms with E-state index in [2.05, 4.69) is 0 Å². The van der Waals surface area contributed by atoms with E-state index in [9.17, 15) is 8.22 Å². The molecule has 2 heterocycles. The minimum atomic E-state index is -0.765. The number of thiophene rings is 1. The maximum Gasteiger partial charge on any atom is 0.137 e. The van der Waals surface area contributed by atoms with Crippen LogP contribution in [0.25, 0.3) is 75.1 Å². The summed E-state index contributed by atoms with van der Waals surface area (Å²) in [7, 11) is 0. The minimum Gasteiger partial charge on any atom is -0.456 e. The van der Waals surface area contributed by atoms with Crippen LogP contribution in [0.15, 0.2) is 180 Å². The van der Waals surface area contributed by atoms with Crippen LogP contribution in [0.4, 0.5) is 17.1 Å². The number of hydrogen-bond acceptors (Lipinski definition) is 3. The molecule has 0 radical (unpaired) electrons. The second-order valence-electron chi connectivity index (χ2n) is 11.3.